The van der Waals surface area contributed by atoms with Crippen molar-refractivity contribution in [2.75, 3.05) is 33.4 Å². The van der Waals surface area contributed by atoms with Crippen molar-refractivity contribution in [3.63, 3.8) is 0 Å². The Morgan fingerprint density at radius 3 is 2.71 bits per heavy atom. The number of nitrogens with zero attached hydrogens (tertiary/aromatic N) is 1. The van der Waals surface area contributed by atoms with Crippen molar-refractivity contribution in [2.24, 2.45) is 0 Å². The topological polar surface area (TPSA) is 89.2 Å². The van der Waals surface area contributed by atoms with Crippen LogP contribution in [0.4, 0.5) is 0 Å². The van der Waals surface area contributed by atoms with Gasteiger partial charge < -0.3 is 19.0 Å². The zero-order valence-electron chi connectivity index (χ0n) is 13.6. The van der Waals surface area contributed by atoms with Gasteiger partial charge in [-0.25, -0.2) is 4.79 Å². The summed E-state index contributed by atoms with van der Waals surface area (Å²) in [7, 11) is 1.47. The van der Waals surface area contributed by atoms with Crippen LogP contribution in [0.25, 0.3) is 11.0 Å². The number of ether oxygens (including phenoxy) is 2. The number of methoxy groups -OCH3 is 1. The number of carbonyl (C=O) groups excluding carboxylic acids is 1. The Labute approximate surface area is 138 Å². The Balaban J connectivity index is 2.27. The largest absolute Gasteiger partial charge is 0.507 e. The van der Waals surface area contributed by atoms with E-state index < -0.39 is 5.63 Å². The van der Waals surface area contributed by atoms with Gasteiger partial charge in [-0.05, 0) is 12.5 Å². The summed E-state index contributed by atoms with van der Waals surface area (Å²) in [6.45, 7) is 4.97. The van der Waals surface area contributed by atoms with E-state index in [0.29, 0.717) is 42.7 Å². The van der Waals surface area contributed by atoms with Crippen molar-refractivity contribution in [2.45, 2.75) is 13.5 Å². The highest BCUT2D eigenvalue weighted by Crippen LogP contribution is 2.37. The van der Waals surface area contributed by atoms with E-state index in [4.69, 9.17) is 13.9 Å². The number of carbonyl (C=O) groups is 1. The molecule has 1 aliphatic heterocycles. The average Bonchev–Trinajstić information content (AvgIpc) is 2.59. The second-order valence-corrected chi connectivity index (χ2v) is 5.72. The van der Waals surface area contributed by atoms with Crippen molar-refractivity contribution in [3.05, 3.63) is 33.2 Å². The Morgan fingerprint density at radius 1 is 1.38 bits per heavy atom. The van der Waals surface area contributed by atoms with Crippen LogP contribution in [0.2, 0.25) is 0 Å². The number of morpholine rings is 1. The molecule has 0 radical (unpaired) electrons. The molecule has 3 rings (SSSR count). The minimum Gasteiger partial charge on any atom is -0.507 e. The molecule has 7 nitrogen and oxygen atoms in total. The van der Waals surface area contributed by atoms with Crippen LogP contribution in [0.5, 0.6) is 11.5 Å². The van der Waals surface area contributed by atoms with E-state index in [0.717, 1.165) is 18.7 Å². The average molecular weight is 333 g/mol. The normalized spacial score (nSPS) is 15.6. The van der Waals surface area contributed by atoms with E-state index in [2.05, 4.69) is 4.90 Å². The van der Waals surface area contributed by atoms with Gasteiger partial charge in [0.15, 0.2) is 11.9 Å². The lowest BCUT2D eigenvalue weighted by molar-refractivity contribution is 0.0342. The fourth-order valence-corrected chi connectivity index (χ4v) is 2.96. The third-order valence-electron chi connectivity index (χ3n) is 4.34. The number of hydrogen-bond donors (Lipinski definition) is 1. The van der Waals surface area contributed by atoms with E-state index >= 15 is 0 Å². The minimum absolute atomic E-state index is 0.0499. The number of phenolic OH excluding ortho intramolecular Hbond substituents is 1. The van der Waals surface area contributed by atoms with Crippen LogP contribution in [-0.2, 0) is 11.3 Å². The lowest BCUT2D eigenvalue weighted by Crippen LogP contribution is -2.36. The standard InChI is InChI=1S/C17H19NO6/c1-10-11(8-18-3-5-23-6-4-18)15-14(22-2)7-13(20)12(9-19)16(15)24-17(10)21/h7,9,20H,3-6,8H2,1-2H3. The summed E-state index contributed by atoms with van der Waals surface area (Å²) >= 11 is 0. The first-order valence-corrected chi connectivity index (χ1v) is 7.68. The Morgan fingerprint density at radius 2 is 2.08 bits per heavy atom. The Bertz CT molecular complexity index is 835. The lowest BCUT2D eigenvalue weighted by atomic mass is 10.0. The van der Waals surface area contributed by atoms with Crippen molar-refractivity contribution >= 4 is 17.3 Å². The van der Waals surface area contributed by atoms with Crippen molar-refractivity contribution in [1.29, 1.82) is 0 Å². The SMILES string of the molecule is COc1cc(O)c(C=O)c2oc(=O)c(C)c(CN3CCOCC3)c12. The molecule has 7 heteroatoms. The molecule has 24 heavy (non-hydrogen) atoms. The summed E-state index contributed by atoms with van der Waals surface area (Å²) in [5, 5.41) is 10.5. The van der Waals surface area contributed by atoms with Gasteiger partial charge in [0.05, 0.1) is 31.3 Å². The molecule has 0 bridgehead atoms. The molecule has 0 saturated carbocycles. The fraction of sp³-hybridized carbons (Fsp3) is 0.412. The summed E-state index contributed by atoms with van der Waals surface area (Å²) in [5.74, 6) is 0.0851. The van der Waals surface area contributed by atoms with E-state index in [-0.39, 0.29) is 16.9 Å². The number of aromatic hydroxyl groups is 1. The van der Waals surface area contributed by atoms with Crippen LogP contribution in [0.15, 0.2) is 15.3 Å². The molecule has 2 aromatic rings. The van der Waals surface area contributed by atoms with Gasteiger partial charge in [-0.15, -0.1) is 0 Å². The van der Waals surface area contributed by atoms with Crippen LogP contribution in [0.1, 0.15) is 21.5 Å². The number of hydrogen-bond acceptors (Lipinski definition) is 7. The molecule has 1 aromatic carbocycles. The summed E-state index contributed by atoms with van der Waals surface area (Å²) in [5.41, 5.74) is 0.686. The summed E-state index contributed by atoms with van der Waals surface area (Å²) in [6, 6.07) is 1.37. The molecular formula is C17H19NO6. The first-order valence-electron chi connectivity index (χ1n) is 7.68. The minimum atomic E-state index is -0.526. The monoisotopic (exact) mass is 333 g/mol. The maximum atomic E-state index is 12.2. The second kappa shape index (κ2) is 6.62. The molecule has 1 saturated heterocycles. The molecule has 1 aromatic heterocycles. The van der Waals surface area contributed by atoms with E-state index in [9.17, 15) is 14.7 Å². The Kier molecular flexibility index (Phi) is 4.55. The number of phenols is 1. The highest BCUT2D eigenvalue weighted by Gasteiger charge is 2.23. The highest BCUT2D eigenvalue weighted by molar-refractivity contribution is 6.01. The fourth-order valence-electron chi connectivity index (χ4n) is 2.96. The summed E-state index contributed by atoms with van der Waals surface area (Å²) < 4.78 is 16.0. The molecule has 0 aliphatic carbocycles. The van der Waals surface area contributed by atoms with Gasteiger partial charge in [0.25, 0.3) is 0 Å². The molecule has 0 atom stereocenters. The van der Waals surface area contributed by atoms with E-state index in [1.54, 1.807) is 6.92 Å². The smallest absolute Gasteiger partial charge is 0.339 e. The van der Waals surface area contributed by atoms with Crippen molar-refractivity contribution in [1.82, 2.24) is 4.90 Å². The van der Waals surface area contributed by atoms with Gasteiger partial charge in [-0.1, -0.05) is 0 Å². The molecule has 2 heterocycles. The predicted molar refractivity (Wildman–Crippen MR) is 86.9 cm³/mol. The summed E-state index contributed by atoms with van der Waals surface area (Å²) in [4.78, 5) is 25.7. The second-order valence-electron chi connectivity index (χ2n) is 5.72. The van der Waals surface area contributed by atoms with Gasteiger partial charge in [0, 0.05) is 31.3 Å². The van der Waals surface area contributed by atoms with Gasteiger partial charge in [0.2, 0.25) is 0 Å². The molecule has 1 aliphatic rings. The van der Waals surface area contributed by atoms with Crippen molar-refractivity contribution in [3.8, 4) is 11.5 Å². The maximum Gasteiger partial charge on any atom is 0.339 e. The summed E-state index contributed by atoms with van der Waals surface area (Å²) in [6.07, 6.45) is 0.480. The predicted octanol–water partition coefficient (Wildman–Crippen LogP) is 1.46. The van der Waals surface area contributed by atoms with Crippen LogP contribution in [-0.4, -0.2) is 49.7 Å². The molecule has 0 spiro atoms. The first-order chi connectivity index (χ1) is 11.6. The first kappa shape index (κ1) is 16.5. The van der Waals surface area contributed by atoms with E-state index in [1.165, 1.54) is 13.2 Å². The zero-order chi connectivity index (χ0) is 17.3. The number of aldehydes is 1. The molecule has 0 amide bonds. The molecule has 1 N–H and O–H groups in total. The van der Waals surface area contributed by atoms with Gasteiger partial charge in [0.1, 0.15) is 11.5 Å². The van der Waals surface area contributed by atoms with Gasteiger partial charge in [-0.2, -0.15) is 0 Å². The number of rotatable bonds is 4. The molecule has 128 valence electrons. The van der Waals surface area contributed by atoms with Crippen LogP contribution < -0.4 is 10.4 Å². The van der Waals surface area contributed by atoms with E-state index in [1.807, 2.05) is 0 Å². The van der Waals surface area contributed by atoms with Gasteiger partial charge in [-0.3, -0.25) is 9.69 Å². The van der Waals surface area contributed by atoms with Crippen LogP contribution in [0.3, 0.4) is 0 Å². The Hall–Kier alpha value is -2.38. The third kappa shape index (κ3) is 2.76. The quantitative estimate of drug-likeness (QED) is 0.669. The van der Waals surface area contributed by atoms with Crippen LogP contribution in [0, 0.1) is 6.92 Å². The molecule has 0 unspecified atom stereocenters. The zero-order valence-corrected chi connectivity index (χ0v) is 13.6. The maximum absolute atomic E-state index is 12.2. The van der Waals surface area contributed by atoms with Crippen molar-refractivity contribution < 1.29 is 23.8 Å². The lowest BCUT2D eigenvalue weighted by Gasteiger charge is -2.27. The molecule has 1 fully saturated rings. The number of fused-ring (bicyclic) bond motifs is 1. The number of benzene rings is 1. The van der Waals surface area contributed by atoms with Gasteiger partial charge >= 0.3 is 5.63 Å². The molecular weight excluding hydrogens is 314 g/mol. The van der Waals surface area contributed by atoms with Crippen LogP contribution >= 0.6 is 0 Å². The third-order valence-corrected chi connectivity index (χ3v) is 4.34. The highest BCUT2D eigenvalue weighted by atomic mass is 16.5.